The molecule has 1 N–H and O–H groups in total. The number of nitriles is 1. The summed E-state index contributed by atoms with van der Waals surface area (Å²) in [7, 11) is 2.34. The van der Waals surface area contributed by atoms with Gasteiger partial charge in [-0.3, -0.25) is 0 Å². The van der Waals surface area contributed by atoms with E-state index in [0.29, 0.717) is 47.4 Å². The zero-order valence-electron chi connectivity index (χ0n) is 23.0. The monoisotopic (exact) mass is 561 g/mol. The van der Waals surface area contributed by atoms with Crippen LogP contribution in [0.1, 0.15) is 42.6 Å². The van der Waals surface area contributed by atoms with Gasteiger partial charge in [-0.1, -0.05) is 6.07 Å². The van der Waals surface area contributed by atoms with Gasteiger partial charge in [0.05, 0.1) is 36.5 Å². The quantitative estimate of drug-likeness (QED) is 0.419. The van der Waals surface area contributed by atoms with Crippen LogP contribution in [0.15, 0.2) is 53.6 Å². The predicted molar refractivity (Wildman–Crippen MR) is 153 cm³/mol. The summed E-state index contributed by atoms with van der Waals surface area (Å²) in [5.74, 6) is 1.80. The Bertz CT molecular complexity index is 1380. The Hall–Kier alpha value is -3.36. The van der Waals surface area contributed by atoms with Gasteiger partial charge in [-0.15, -0.1) is 0 Å². The molecule has 0 saturated carbocycles. The molecule has 9 nitrogen and oxygen atoms in total. The first-order chi connectivity index (χ1) is 19.5. The lowest BCUT2D eigenvalue weighted by atomic mass is 10.1. The molecular formula is C30H35N5O4S. The normalized spacial score (nSPS) is 17.7. The fourth-order valence-corrected chi connectivity index (χ4v) is 6.18. The number of benzene rings is 2. The highest BCUT2D eigenvalue weighted by Gasteiger charge is 2.21. The lowest BCUT2D eigenvalue weighted by Gasteiger charge is -2.29. The van der Waals surface area contributed by atoms with E-state index in [-0.39, 0.29) is 12.1 Å². The number of piperidine rings is 1. The molecule has 0 aliphatic carbocycles. The van der Waals surface area contributed by atoms with Gasteiger partial charge < -0.3 is 19.1 Å². The summed E-state index contributed by atoms with van der Waals surface area (Å²) < 4.78 is 33.4. The lowest BCUT2D eigenvalue weighted by Crippen LogP contribution is -2.41. The molecule has 0 radical (unpaired) electrons. The third-order valence-electron chi connectivity index (χ3n) is 7.35. The average molecular weight is 562 g/mol. The number of nitrogens with zero attached hydrogens (tertiary/aromatic N) is 4. The van der Waals surface area contributed by atoms with E-state index >= 15 is 0 Å². The highest BCUT2D eigenvalue weighted by molar-refractivity contribution is 7.83. The molecule has 1 atom stereocenters. The molecular weight excluding hydrogens is 526 g/mol. The van der Waals surface area contributed by atoms with Gasteiger partial charge >= 0.3 is 0 Å². The number of rotatable bonds is 9. The molecule has 1 aromatic heterocycles. The third kappa shape index (κ3) is 7.04. The number of methoxy groups -OCH3 is 1. The SMILES string of the molecule is COc1cc(Cc2nccc(-c3ccc(OC4CCOCC4)c(C#N)c3)n2)ccc1S(=O)NC1CCN(C)CC1. The van der Waals surface area contributed by atoms with Crippen LogP contribution in [0, 0.1) is 11.3 Å². The second-order valence-electron chi connectivity index (χ2n) is 10.2. The molecule has 210 valence electrons. The van der Waals surface area contributed by atoms with Gasteiger partial charge in [-0.05, 0) is 74.9 Å². The van der Waals surface area contributed by atoms with Crippen molar-refractivity contribution >= 4 is 11.0 Å². The van der Waals surface area contributed by atoms with Gasteiger partial charge in [-0.2, -0.15) is 5.26 Å². The Balaban J connectivity index is 1.28. The Morgan fingerprint density at radius 2 is 1.90 bits per heavy atom. The molecule has 2 aliphatic heterocycles. The van der Waals surface area contributed by atoms with Crippen LogP contribution < -0.4 is 14.2 Å². The van der Waals surface area contributed by atoms with E-state index in [1.807, 2.05) is 42.5 Å². The minimum Gasteiger partial charge on any atom is -0.495 e. The number of nitrogens with one attached hydrogen (secondary N) is 1. The smallest absolute Gasteiger partial charge is 0.137 e. The highest BCUT2D eigenvalue weighted by atomic mass is 32.2. The van der Waals surface area contributed by atoms with Crippen LogP contribution in [-0.2, 0) is 22.1 Å². The van der Waals surface area contributed by atoms with E-state index in [9.17, 15) is 9.47 Å². The van der Waals surface area contributed by atoms with Crippen LogP contribution in [0.3, 0.4) is 0 Å². The van der Waals surface area contributed by atoms with E-state index in [0.717, 1.165) is 55.6 Å². The molecule has 0 amide bonds. The Labute approximate surface area is 238 Å². The minimum atomic E-state index is -1.36. The largest absolute Gasteiger partial charge is 0.495 e. The van der Waals surface area contributed by atoms with E-state index in [2.05, 4.69) is 27.7 Å². The predicted octanol–water partition coefficient (Wildman–Crippen LogP) is 3.88. The van der Waals surface area contributed by atoms with Crippen molar-refractivity contribution in [3.05, 3.63) is 65.6 Å². The van der Waals surface area contributed by atoms with Crippen molar-refractivity contribution in [3.63, 3.8) is 0 Å². The van der Waals surface area contributed by atoms with Crippen LogP contribution in [0.2, 0.25) is 0 Å². The maximum Gasteiger partial charge on any atom is 0.137 e. The zero-order valence-corrected chi connectivity index (χ0v) is 23.8. The molecule has 1 unspecified atom stereocenters. The van der Waals surface area contributed by atoms with Crippen LogP contribution in [-0.4, -0.2) is 71.7 Å². The van der Waals surface area contributed by atoms with E-state index in [1.165, 1.54) is 0 Å². The van der Waals surface area contributed by atoms with E-state index < -0.39 is 11.0 Å². The maximum absolute atomic E-state index is 13.1. The van der Waals surface area contributed by atoms with Crippen molar-refractivity contribution in [1.29, 1.82) is 5.26 Å². The molecule has 40 heavy (non-hydrogen) atoms. The van der Waals surface area contributed by atoms with Crippen molar-refractivity contribution in [1.82, 2.24) is 19.6 Å². The molecule has 5 rings (SSSR count). The number of hydrogen-bond donors (Lipinski definition) is 1. The minimum absolute atomic E-state index is 0.0585. The lowest BCUT2D eigenvalue weighted by molar-refractivity contribution is 0.0254. The molecule has 3 heterocycles. The summed E-state index contributed by atoms with van der Waals surface area (Å²) in [4.78, 5) is 12.1. The van der Waals surface area contributed by atoms with Gasteiger partial charge in [0.1, 0.15) is 40.5 Å². The molecule has 2 fully saturated rings. The molecule has 0 bridgehead atoms. The second-order valence-corrected chi connectivity index (χ2v) is 11.4. The van der Waals surface area contributed by atoms with E-state index in [4.69, 9.17) is 19.2 Å². The summed E-state index contributed by atoms with van der Waals surface area (Å²) in [6.45, 7) is 3.35. The van der Waals surface area contributed by atoms with Gasteiger partial charge in [0, 0.05) is 37.1 Å². The van der Waals surface area contributed by atoms with Crippen molar-refractivity contribution in [2.75, 3.05) is 40.5 Å². The molecule has 10 heteroatoms. The fraction of sp³-hybridized carbons (Fsp3) is 0.433. The average Bonchev–Trinajstić information content (AvgIpc) is 2.99. The van der Waals surface area contributed by atoms with Crippen molar-refractivity contribution < 1.29 is 18.4 Å². The second kappa shape index (κ2) is 13.3. The number of aromatic nitrogens is 2. The fourth-order valence-electron chi connectivity index (χ4n) is 5.00. The Morgan fingerprint density at radius 3 is 2.65 bits per heavy atom. The van der Waals surface area contributed by atoms with Crippen LogP contribution in [0.25, 0.3) is 11.3 Å². The Morgan fingerprint density at radius 1 is 1.10 bits per heavy atom. The first-order valence-corrected chi connectivity index (χ1v) is 14.8. The van der Waals surface area contributed by atoms with Gasteiger partial charge in [-0.25, -0.2) is 18.9 Å². The summed E-state index contributed by atoms with van der Waals surface area (Å²) in [5.41, 5.74) is 2.98. The molecule has 2 aromatic carbocycles. The van der Waals surface area contributed by atoms with Crippen molar-refractivity contribution in [3.8, 4) is 28.8 Å². The van der Waals surface area contributed by atoms with Gasteiger partial charge in [0.15, 0.2) is 0 Å². The highest BCUT2D eigenvalue weighted by Crippen LogP contribution is 2.29. The zero-order chi connectivity index (χ0) is 27.9. The standard InChI is InChI=1S/C30H35N5O4S/c1-35-13-8-24(9-14-35)34-40(36)29-6-3-21(17-28(29)37-2)18-30-32-12-7-26(33-30)22-4-5-27(23(19-22)20-31)39-25-10-15-38-16-11-25/h3-7,12,17,19,24-25,34H,8-11,13-16,18H2,1-2H3. The maximum atomic E-state index is 13.1. The number of hydrogen-bond acceptors (Lipinski definition) is 8. The molecule has 2 aliphatic rings. The summed E-state index contributed by atoms with van der Waals surface area (Å²) in [6.07, 6.45) is 5.84. The molecule has 0 spiro atoms. The summed E-state index contributed by atoms with van der Waals surface area (Å²) >= 11 is 0. The third-order valence-corrected chi connectivity index (χ3v) is 8.63. The first kappa shape index (κ1) is 28.2. The Kier molecular flexibility index (Phi) is 9.39. The number of likely N-dealkylation sites (tertiary alicyclic amines) is 1. The summed E-state index contributed by atoms with van der Waals surface area (Å²) in [6, 6.07) is 15.6. The van der Waals surface area contributed by atoms with Gasteiger partial charge in [0.2, 0.25) is 0 Å². The van der Waals surface area contributed by atoms with Crippen molar-refractivity contribution in [2.24, 2.45) is 0 Å². The molecule has 3 aromatic rings. The topological polar surface area (TPSA) is 110 Å². The van der Waals surface area contributed by atoms with E-state index in [1.54, 1.807) is 13.3 Å². The van der Waals surface area contributed by atoms with Crippen molar-refractivity contribution in [2.45, 2.75) is 49.1 Å². The summed E-state index contributed by atoms with van der Waals surface area (Å²) in [5, 5.41) is 9.75. The van der Waals surface area contributed by atoms with Crippen LogP contribution >= 0.6 is 0 Å². The molecule has 2 saturated heterocycles. The van der Waals surface area contributed by atoms with Crippen LogP contribution in [0.4, 0.5) is 0 Å². The van der Waals surface area contributed by atoms with Crippen LogP contribution in [0.5, 0.6) is 11.5 Å². The number of ether oxygens (including phenoxy) is 3. The van der Waals surface area contributed by atoms with Gasteiger partial charge in [0.25, 0.3) is 0 Å². The first-order valence-electron chi connectivity index (χ1n) is 13.7.